The van der Waals surface area contributed by atoms with E-state index >= 15 is 0 Å². The number of rotatable bonds is 8. The Hall–Kier alpha value is -2.41. The molecule has 1 aromatic carbocycles. The van der Waals surface area contributed by atoms with Crippen LogP contribution in [0.5, 0.6) is 5.75 Å². The summed E-state index contributed by atoms with van der Waals surface area (Å²) in [5.41, 5.74) is 1.07. The monoisotopic (exact) mass is 564 g/mol. The summed E-state index contributed by atoms with van der Waals surface area (Å²) in [5.74, 6) is -2.28. The third kappa shape index (κ3) is 7.62. The van der Waals surface area contributed by atoms with Crippen molar-refractivity contribution >= 4 is 46.5 Å². The van der Waals surface area contributed by atoms with Crippen molar-refractivity contribution < 1.29 is 47.6 Å². The number of hydrogen-bond donors (Lipinski definition) is 0. The molecule has 1 fully saturated rings. The van der Waals surface area contributed by atoms with Gasteiger partial charge in [-0.15, -0.1) is 0 Å². The molecule has 10 nitrogen and oxygen atoms in total. The van der Waals surface area contributed by atoms with E-state index in [0.29, 0.717) is 5.75 Å². The summed E-state index contributed by atoms with van der Waals surface area (Å²) < 4.78 is 33.6. The van der Waals surface area contributed by atoms with Crippen molar-refractivity contribution in [3.05, 3.63) is 29.8 Å². The normalized spacial score (nSPS) is 24.7. The van der Waals surface area contributed by atoms with Gasteiger partial charge in [0.15, 0.2) is 12.2 Å². The third-order valence-electron chi connectivity index (χ3n) is 4.28. The maximum Gasteiger partial charge on any atom is 0.303 e. The molecule has 0 aromatic heterocycles. The van der Waals surface area contributed by atoms with Crippen LogP contribution in [0, 0.1) is 0 Å². The van der Waals surface area contributed by atoms with Crippen molar-refractivity contribution in [2.24, 2.45) is 0 Å². The van der Waals surface area contributed by atoms with E-state index in [1.54, 1.807) is 12.1 Å². The number of carbonyl (C=O) groups excluding carboxylic acids is 4. The van der Waals surface area contributed by atoms with Gasteiger partial charge in [0.1, 0.15) is 18.5 Å². The Morgan fingerprint density at radius 2 is 1.34 bits per heavy atom. The van der Waals surface area contributed by atoms with E-state index in [1.165, 1.54) is 13.8 Å². The molecule has 5 atom stereocenters. The molecule has 1 aliphatic heterocycles. The Kier molecular flexibility index (Phi) is 9.69. The molecule has 0 saturated carbocycles. The Morgan fingerprint density at radius 3 is 1.84 bits per heavy atom. The van der Waals surface area contributed by atoms with E-state index in [9.17, 15) is 19.2 Å². The fourth-order valence-electron chi connectivity index (χ4n) is 3.07. The van der Waals surface area contributed by atoms with Gasteiger partial charge in [-0.2, -0.15) is 0 Å². The molecule has 0 spiro atoms. The quantitative estimate of drug-likeness (QED) is 0.201. The molecular weight excluding hydrogens is 539 g/mol. The summed E-state index contributed by atoms with van der Waals surface area (Å²) in [7, 11) is 0. The maximum absolute atomic E-state index is 11.8. The van der Waals surface area contributed by atoms with Gasteiger partial charge in [0, 0.05) is 32.1 Å². The zero-order valence-electron chi connectivity index (χ0n) is 18.1. The van der Waals surface area contributed by atoms with Gasteiger partial charge in [-0.05, 0) is 17.7 Å². The van der Waals surface area contributed by atoms with E-state index in [2.05, 4.69) is 22.6 Å². The summed E-state index contributed by atoms with van der Waals surface area (Å²) in [6, 6.07) is 7.13. The lowest BCUT2D eigenvalue weighted by Gasteiger charge is -2.43. The molecule has 1 heterocycles. The molecule has 1 aromatic rings. The Bertz CT molecular complexity index is 824. The molecular formula is C21H25IO10. The number of carbonyl (C=O) groups is 4. The third-order valence-corrected chi connectivity index (χ3v) is 5.16. The molecule has 3 unspecified atom stereocenters. The van der Waals surface area contributed by atoms with Crippen LogP contribution in [-0.4, -0.2) is 61.2 Å². The molecule has 11 heteroatoms. The zero-order chi connectivity index (χ0) is 23.8. The van der Waals surface area contributed by atoms with Crippen LogP contribution in [0.3, 0.4) is 0 Å². The number of ether oxygens (including phenoxy) is 6. The van der Waals surface area contributed by atoms with Crippen molar-refractivity contribution in [2.45, 2.75) is 62.8 Å². The van der Waals surface area contributed by atoms with E-state index in [4.69, 9.17) is 28.4 Å². The van der Waals surface area contributed by atoms with E-state index in [1.807, 2.05) is 12.1 Å². The minimum atomic E-state index is -1.27. The highest BCUT2D eigenvalue weighted by molar-refractivity contribution is 14.1. The second-order valence-corrected chi connectivity index (χ2v) is 7.73. The fourth-order valence-corrected chi connectivity index (χ4v) is 3.58. The largest absolute Gasteiger partial charge is 0.463 e. The van der Waals surface area contributed by atoms with Gasteiger partial charge < -0.3 is 28.4 Å². The molecule has 0 bridgehead atoms. The topological polar surface area (TPSA) is 124 Å². The smallest absolute Gasteiger partial charge is 0.303 e. The molecule has 0 aliphatic carbocycles. The van der Waals surface area contributed by atoms with Crippen molar-refractivity contribution in [3.63, 3.8) is 0 Å². The van der Waals surface area contributed by atoms with Gasteiger partial charge in [0.05, 0.1) is 0 Å². The van der Waals surface area contributed by atoms with E-state index in [0.717, 1.165) is 23.8 Å². The first-order valence-electron chi connectivity index (χ1n) is 9.72. The average Bonchev–Trinajstić information content (AvgIpc) is 2.70. The first-order chi connectivity index (χ1) is 15.1. The minimum absolute atomic E-state index is 0.314. The van der Waals surface area contributed by atoms with E-state index in [-0.39, 0.29) is 6.61 Å². The van der Waals surface area contributed by atoms with E-state index < -0.39 is 54.6 Å². The number of hydrogen-bond acceptors (Lipinski definition) is 10. The molecule has 32 heavy (non-hydrogen) atoms. The van der Waals surface area contributed by atoms with Crippen molar-refractivity contribution in [3.8, 4) is 5.75 Å². The number of esters is 4. The van der Waals surface area contributed by atoms with Gasteiger partial charge >= 0.3 is 23.9 Å². The lowest BCUT2D eigenvalue weighted by molar-refractivity contribution is -0.288. The van der Waals surface area contributed by atoms with Gasteiger partial charge in [-0.3, -0.25) is 19.2 Å². The Balaban J connectivity index is 2.42. The summed E-state index contributed by atoms with van der Waals surface area (Å²) in [6.45, 7) is 4.38. The predicted octanol–water partition coefficient (Wildman–Crippen LogP) is 2.08. The van der Waals surface area contributed by atoms with Crippen LogP contribution in [-0.2, 0) is 47.3 Å². The number of alkyl halides is 1. The molecule has 1 saturated heterocycles. The second kappa shape index (κ2) is 12.0. The van der Waals surface area contributed by atoms with Gasteiger partial charge in [0.25, 0.3) is 0 Å². The van der Waals surface area contributed by atoms with Gasteiger partial charge in [0.2, 0.25) is 12.4 Å². The Morgan fingerprint density at radius 1 is 0.812 bits per heavy atom. The standard InChI is InChI=1S/C21H25IO10/c1-11(23)27-10-17-18(28-12(2)24)19(29-13(3)25)20(30-14(4)26)21(32-17)31-16-7-5-15(9-22)6-8-16/h5-8,17-21H,9-10H2,1-4H3/t17?,18-,19?,20?,21+/m0/s1. The van der Waals surface area contributed by atoms with Crippen LogP contribution in [0.15, 0.2) is 24.3 Å². The number of halogens is 1. The first kappa shape index (κ1) is 25.8. The number of benzene rings is 1. The summed E-state index contributed by atoms with van der Waals surface area (Å²) in [4.78, 5) is 46.7. The Labute approximate surface area is 198 Å². The lowest BCUT2D eigenvalue weighted by Crippen LogP contribution is -2.63. The predicted molar refractivity (Wildman–Crippen MR) is 117 cm³/mol. The van der Waals surface area contributed by atoms with Crippen LogP contribution in [0.4, 0.5) is 0 Å². The minimum Gasteiger partial charge on any atom is -0.463 e. The van der Waals surface area contributed by atoms with Gasteiger partial charge in [-0.1, -0.05) is 34.7 Å². The maximum atomic E-state index is 11.8. The van der Waals surface area contributed by atoms with Crippen molar-refractivity contribution in [1.29, 1.82) is 0 Å². The van der Waals surface area contributed by atoms with Crippen LogP contribution < -0.4 is 4.74 Å². The molecule has 1 aliphatic rings. The van der Waals surface area contributed by atoms with Crippen LogP contribution >= 0.6 is 22.6 Å². The zero-order valence-corrected chi connectivity index (χ0v) is 20.2. The molecule has 176 valence electrons. The summed E-state index contributed by atoms with van der Waals surface area (Å²) >= 11 is 2.22. The van der Waals surface area contributed by atoms with Crippen molar-refractivity contribution in [1.82, 2.24) is 0 Å². The van der Waals surface area contributed by atoms with Crippen LogP contribution in [0.25, 0.3) is 0 Å². The summed E-state index contributed by atoms with van der Waals surface area (Å²) in [6.07, 6.45) is -6.06. The molecule has 2 rings (SSSR count). The highest BCUT2D eigenvalue weighted by atomic mass is 127. The summed E-state index contributed by atoms with van der Waals surface area (Å²) in [5, 5.41) is 0. The first-order valence-corrected chi connectivity index (χ1v) is 11.2. The lowest BCUT2D eigenvalue weighted by atomic mass is 9.98. The SMILES string of the molecule is CC(=O)OCC1O[C@@H](Oc2ccc(CI)cc2)C(OC(C)=O)C(OC(C)=O)[C@H]1OC(C)=O. The molecule has 0 radical (unpaired) electrons. The second-order valence-electron chi connectivity index (χ2n) is 6.96. The molecule has 0 amide bonds. The fraction of sp³-hybridized carbons (Fsp3) is 0.524. The van der Waals surface area contributed by atoms with Crippen molar-refractivity contribution in [2.75, 3.05) is 6.61 Å². The van der Waals surface area contributed by atoms with Crippen LogP contribution in [0.2, 0.25) is 0 Å². The molecule has 0 N–H and O–H groups in total. The highest BCUT2D eigenvalue weighted by Crippen LogP contribution is 2.31. The van der Waals surface area contributed by atoms with Crippen LogP contribution in [0.1, 0.15) is 33.3 Å². The highest BCUT2D eigenvalue weighted by Gasteiger charge is 2.53. The average molecular weight is 564 g/mol. The van der Waals surface area contributed by atoms with Gasteiger partial charge in [-0.25, -0.2) is 0 Å².